The predicted molar refractivity (Wildman–Crippen MR) is 83.6 cm³/mol. The van der Waals surface area contributed by atoms with Gasteiger partial charge in [0.1, 0.15) is 11.9 Å². The van der Waals surface area contributed by atoms with Crippen molar-refractivity contribution in [3.8, 4) is 0 Å². The van der Waals surface area contributed by atoms with E-state index in [1.165, 1.54) is 12.1 Å². The van der Waals surface area contributed by atoms with Crippen LogP contribution in [-0.4, -0.2) is 40.6 Å². The zero-order valence-electron chi connectivity index (χ0n) is 13.6. The Balaban J connectivity index is 1.50. The van der Waals surface area contributed by atoms with Crippen LogP contribution >= 0.6 is 0 Å². The molecule has 128 valence electrons. The highest BCUT2D eigenvalue weighted by atomic mass is 19.1. The SMILES string of the molecule is Cc1noc(CCCC(=O)N2CCOC(c3ccc(F)cc3)C2)n1. The van der Waals surface area contributed by atoms with Crippen LogP contribution in [0.1, 0.15) is 36.2 Å². The summed E-state index contributed by atoms with van der Waals surface area (Å²) in [6, 6.07) is 6.22. The standard InChI is InChI=1S/C17H20FN3O3/c1-12-19-16(24-20-12)3-2-4-17(22)21-9-10-23-15(11-21)13-5-7-14(18)8-6-13/h5-8,15H,2-4,9-11H2,1H3. The third-order valence-electron chi connectivity index (χ3n) is 4.01. The number of ether oxygens (including phenoxy) is 1. The fraction of sp³-hybridized carbons (Fsp3) is 0.471. The molecule has 1 aliphatic heterocycles. The molecule has 24 heavy (non-hydrogen) atoms. The summed E-state index contributed by atoms with van der Waals surface area (Å²) in [5, 5.41) is 3.73. The molecular weight excluding hydrogens is 313 g/mol. The lowest BCUT2D eigenvalue weighted by atomic mass is 10.1. The quantitative estimate of drug-likeness (QED) is 0.841. The number of aromatic nitrogens is 2. The van der Waals surface area contributed by atoms with Gasteiger partial charge < -0.3 is 14.2 Å². The highest BCUT2D eigenvalue weighted by Gasteiger charge is 2.25. The van der Waals surface area contributed by atoms with Gasteiger partial charge in [0.25, 0.3) is 0 Å². The average molecular weight is 333 g/mol. The van der Waals surface area contributed by atoms with E-state index in [0.29, 0.717) is 50.7 Å². The summed E-state index contributed by atoms with van der Waals surface area (Å²) in [4.78, 5) is 18.3. The van der Waals surface area contributed by atoms with Crippen LogP contribution < -0.4 is 0 Å². The van der Waals surface area contributed by atoms with E-state index in [-0.39, 0.29) is 17.8 Å². The first-order valence-corrected chi connectivity index (χ1v) is 8.06. The van der Waals surface area contributed by atoms with Gasteiger partial charge in [0.15, 0.2) is 5.82 Å². The molecule has 3 rings (SSSR count). The summed E-state index contributed by atoms with van der Waals surface area (Å²) in [7, 11) is 0. The highest BCUT2D eigenvalue weighted by molar-refractivity contribution is 5.76. The maximum absolute atomic E-state index is 13.0. The maximum atomic E-state index is 13.0. The van der Waals surface area contributed by atoms with Gasteiger partial charge in [0.2, 0.25) is 11.8 Å². The van der Waals surface area contributed by atoms with Gasteiger partial charge in [-0.3, -0.25) is 4.79 Å². The van der Waals surface area contributed by atoms with Crippen molar-refractivity contribution in [3.05, 3.63) is 47.4 Å². The van der Waals surface area contributed by atoms with E-state index in [1.807, 2.05) is 0 Å². The Bertz CT molecular complexity index is 687. The number of nitrogens with zero attached hydrogens (tertiary/aromatic N) is 3. The molecule has 1 amide bonds. The molecule has 0 saturated carbocycles. The lowest BCUT2D eigenvalue weighted by Gasteiger charge is -2.33. The lowest BCUT2D eigenvalue weighted by molar-refractivity contribution is -0.139. The number of benzene rings is 1. The van der Waals surface area contributed by atoms with Gasteiger partial charge in [0, 0.05) is 19.4 Å². The zero-order chi connectivity index (χ0) is 16.9. The molecule has 1 aromatic heterocycles. The Hall–Kier alpha value is -2.28. The van der Waals surface area contributed by atoms with Crippen molar-refractivity contribution in [2.24, 2.45) is 0 Å². The molecule has 0 aliphatic carbocycles. The Morgan fingerprint density at radius 2 is 2.17 bits per heavy atom. The minimum absolute atomic E-state index is 0.0849. The average Bonchev–Trinajstić information content (AvgIpc) is 3.01. The van der Waals surface area contributed by atoms with E-state index in [0.717, 1.165) is 5.56 Å². The molecule has 0 bridgehead atoms. The summed E-state index contributed by atoms with van der Waals surface area (Å²) < 4.78 is 23.8. The summed E-state index contributed by atoms with van der Waals surface area (Å²) in [5.41, 5.74) is 0.884. The van der Waals surface area contributed by atoms with Gasteiger partial charge in [-0.15, -0.1) is 0 Å². The van der Waals surface area contributed by atoms with Crippen molar-refractivity contribution in [2.75, 3.05) is 19.7 Å². The first-order chi connectivity index (χ1) is 11.6. The largest absolute Gasteiger partial charge is 0.370 e. The molecule has 1 saturated heterocycles. The molecule has 1 unspecified atom stereocenters. The van der Waals surface area contributed by atoms with Gasteiger partial charge in [-0.1, -0.05) is 17.3 Å². The van der Waals surface area contributed by atoms with E-state index in [4.69, 9.17) is 9.26 Å². The molecule has 2 aromatic rings. The molecule has 6 nitrogen and oxygen atoms in total. The van der Waals surface area contributed by atoms with Gasteiger partial charge in [-0.25, -0.2) is 4.39 Å². The normalized spacial score (nSPS) is 17.9. The molecule has 1 fully saturated rings. The van der Waals surface area contributed by atoms with Crippen molar-refractivity contribution in [1.29, 1.82) is 0 Å². The minimum atomic E-state index is -0.279. The van der Waals surface area contributed by atoms with Crippen LogP contribution in [0, 0.1) is 12.7 Å². The number of halogens is 1. The van der Waals surface area contributed by atoms with Crippen LogP contribution in [0.3, 0.4) is 0 Å². The number of aryl methyl sites for hydroxylation is 2. The van der Waals surface area contributed by atoms with Crippen molar-refractivity contribution >= 4 is 5.91 Å². The maximum Gasteiger partial charge on any atom is 0.226 e. The number of carbonyl (C=O) groups is 1. The Morgan fingerprint density at radius 1 is 1.38 bits per heavy atom. The number of hydrogen-bond donors (Lipinski definition) is 0. The van der Waals surface area contributed by atoms with E-state index >= 15 is 0 Å². The van der Waals surface area contributed by atoms with Crippen LogP contribution in [0.15, 0.2) is 28.8 Å². The van der Waals surface area contributed by atoms with Crippen molar-refractivity contribution in [3.63, 3.8) is 0 Å². The molecule has 2 heterocycles. The summed E-state index contributed by atoms with van der Waals surface area (Å²) in [6.07, 6.45) is 1.48. The van der Waals surface area contributed by atoms with Crippen LogP contribution in [-0.2, 0) is 16.0 Å². The number of rotatable bonds is 5. The molecule has 1 atom stereocenters. The third-order valence-corrected chi connectivity index (χ3v) is 4.01. The van der Waals surface area contributed by atoms with Gasteiger partial charge in [0.05, 0.1) is 13.2 Å². The molecule has 1 aliphatic rings. The van der Waals surface area contributed by atoms with Crippen LogP contribution in [0.5, 0.6) is 0 Å². The summed E-state index contributed by atoms with van der Waals surface area (Å²) >= 11 is 0. The second-order valence-corrected chi connectivity index (χ2v) is 5.84. The van der Waals surface area contributed by atoms with E-state index in [2.05, 4.69) is 10.1 Å². The van der Waals surface area contributed by atoms with E-state index in [9.17, 15) is 9.18 Å². The van der Waals surface area contributed by atoms with Crippen molar-refractivity contribution in [2.45, 2.75) is 32.3 Å². The van der Waals surface area contributed by atoms with Crippen molar-refractivity contribution < 1.29 is 18.4 Å². The molecule has 7 heteroatoms. The third kappa shape index (κ3) is 4.17. The predicted octanol–water partition coefficient (Wildman–Crippen LogP) is 2.44. The van der Waals surface area contributed by atoms with Crippen LogP contribution in [0.25, 0.3) is 0 Å². The second kappa shape index (κ2) is 7.53. The number of morpholine rings is 1. The van der Waals surface area contributed by atoms with Gasteiger partial charge >= 0.3 is 0 Å². The molecular formula is C17H20FN3O3. The topological polar surface area (TPSA) is 68.5 Å². The fourth-order valence-electron chi connectivity index (χ4n) is 2.75. The van der Waals surface area contributed by atoms with Gasteiger partial charge in [-0.2, -0.15) is 4.98 Å². The summed E-state index contributed by atoms with van der Waals surface area (Å²) in [6.45, 7) is 3.32. The zero-order valence-corrected chi connectivity index (χ0v) is 13.6. The number of carbonyl (C=O) groups excluding carboxylic acids is 1. The Kier molecular flexibility index (Phi) is 5.20. The first-order valence-electron chi connectivity index (χ1n) is 8.06. The second-order valence-electron chi connectivity index (χ2n) is 5.84. The molecule has 0 radical (unpaired) electrons. The molecule has 1 aromatic carbocycles. The van der Waals surface area contributed by atoms with E-state index in [1.54, 1.807) is 24.0 Å². The highest BCUT2D eigenvalue weighted by Crippen LogP contribution is 2.23. The Morgan fingerprint density at radius 3 is 2.88 bits per heavy atom. The Labute approximate surface area is 139 Å². The summed E-state index contributed by atoms with van der Waals surface area (Å²) in [5.74, 6) is 0.971. The number of hydrogen-bond acceptors (Lipinski definition) is 5. The van der Waals surface area contributed by atoms with Crippen LogP contribution in [0.2, 0.25) is 0 Å². The first kappa shape index (κ1) is 16.6. The molecule has 0 spiro atoms. The van der Waals surface area contributed by atoms with Crippen LogP contribution in [0.4, 0.5) is 4.39 Å². The van der Waals surface area contributed by atoms with E-state index < -0.39 is 0 Å². The monoisotopic (exact) mass is 333 g/mol. The minimum Gasteiger partial charge on any atom is -0.370 e. The molecule has 0 N–H and O–H groups in total. The van der Waals surface area contributed by atoms with Crippen molar-refractivity contribution in [1.82, 2.24) is 15.0 Å². The smallest absolute Gasteiger partial charge is 0.226 e. The van der Waals surface area contributed by atoms with Gasteiger partial charge in [-0.05, 0) is 31.0 Å². The lowest BCUT2D eigenvalue weighted by Crippen LogP contribution is -2.42. The fourth-order valence-corrected chi connectivity index (χ4v) is 2.75. The number of amides is 1.